The lowest BCUT2D eigenvalue weighted by atomic mass is 9.94. The minimum atomic E-state index is -0.529. The van der Waals surface area contributed by atoms with Crippen molar-refractivity contribution in [3.8, 4) is 0 Å². The van der Waals surface area contributed by atoms with Gasteiger partial charge in [-0.3, -0.25) is 19.7 Å². The van der Waals surface area contributed by atoms with Gasteiger partial charge >= 0.3 is 12.0 Å². The summed E-state index contributed by atoms with van der Waals surface area (Å²) in [5.74, 6) is -0.374. The van der Waals surface area contributed by atoms with Crippen LogP contribution in [0.5, 0.6) is 0 Å². The Balaban J connectivity index is 1.56. The van der Waals surface area contributed by atoms with Gasteiger partial charge in [-0.1, -0.05) is 30.3 Å². The summed E-state index contributed by atoms with van der Waals surface area (Å²) in [6.45, 7) is 9.48. The average Bonchev–Trinajstić information content (AvgIpc) is 2.86. The molecule has 8 heteroatoms. The predicted molar refractivity (Wildman–Crippen MR) is 130 cm³/mol. The first kappa shape index (κ1) is 23.9. The van der Waals surface area contributed by atoms with Gasteiger partial charge in [-0.05, 0) is 37.1 Å². The van der Waals surface area contributed by atoms with E-state index >= 15 is 0 Å². The van der Waals surface area contributed by atoms with Gasteiger partial charge in [0, 0.05) is 63.9 Å². The number of hydrogen-bond donors (Lipinski definition) is 1. The van der Waals surface area contributed by atoms with E-state index in [0.29, 0.717) is 18.7 Å². The SMILES string of the molecule is CCOC(=O)C1=C(CN2CCN(Cc3ccncc3)CC2)N(CC)C(=O)N[C@H]1c1ccccc1. The van der Waals surface area contributed by atoms with E-state index in [1.165, 1.54) is 5.56 Å². The van der Waals surface area contributed by atoms with Crippen LogP contribution in [-0.4, -0.2) is 77.6 Å². The van der Waals surface area contributed by atoms with Crippen LogP contribution in [-0.2, 0) is 16.1 Å². The van der Waals surface area contributed by atoms with Crippen molar-refractivity contribution in [2.24, 2.45) is 0 Å². The van der Waals surface area contributed by atoms with Crippen LogP contribution in [0, 0.1) is 0 Å². The van der Waals surface area contributed by atoms with Gasteiger partial charge in [-0.25, -0.2) is 9.59 Å². The summed E-state index contributed by atoms with van der Waals surface area (Å²) < 4.78 is 5.46. The Morgan fingerprint density at radius 3 is 2.26 bits per heavy atom. The van der Waals surface area contributed by atoms with E-state index in [4.69, 9.17) is 4.74 Å². The average molecular weight is 464 g/mol. The molecule has 2 aliphatic rings. The van der Waals surface area contributed by atoms with Crippen LogP contribution in [0.15, 0.2) is 66.1 Å². The second-order valence-corrected chi connectivity index (χ2v) is 8.53. The number of nitrogens with zero attached hydrogens (tertiary/aromatic N) is 4. The van der Waals surface area contributed by atoms with Gasteiger partial charge in [-0.15, -0.1) is 0 Å². The molecule has 1 saturated heterocycles. The van der Waals surface area contributed by atoms with Gasteiger partial charge < -0.3 is 10.1 Å². The summed E-state index contributed by atoms with van der Waals surface area (Å²) >= 11 is 0. The van der Waals surface area contributed by atoms with E-state index in [9.17, 15) is 9.59 Å². The summed E-state index contributed by atoms with van der Waals surface area (Å²) in [6.07, 6.45) is 3.65. The third-order valence-electron chi connectivity index (χ3n) is 6.38. The number of carbonyl (C=O) groups excluding carboxylic acids is 2. The Morgan fingerprint density at radius 1 is 1.00 bits per heavy atom. The summed E-state index contributed by atoms with van der Waals surface area (Å²) in [6, 6.07) is 13.0. The zero-order valence-electron chi connectivity index (χ0n) is 19.9. The number of aromatic nitrogens is 1. The highest BCUT2D eigenvalue weighted by Crippen LogP contribution is 2.32. The first-order valence-corrected chi connectivity index (χ1v) is 12.0. The Morgan fingerprint density at radius 2 is 1.65 bits per heavy atom. The van der Waals surface area contributed by atoms with Crippen LogP contribution in [0.4, 0.5) is 4.79 Å². The fraction of sp³-hybridized carbons (Fsp3) is 0.423. The minimum Gasteiger partial charge on any atom is -0.463 e. The van der Waals surface area contributed by atoms with Gasteiger partial charge in [0.2, 0.25) is 0 Å². The number of hydrogen-bond acceptors (Lipinski definition) is 6. The zero-order chi connectivity index (χ0) is 23.9. The zero-order valence-corrected chi connectivity index (χ0v) is 19.9. The largest absolute Gasteiger partial charge is 0.463 e. The molecule has 8 nitrogen and oxygen atoms in total. The first-order chi connectivity index (χ1) is 16.6. The monoisotopic (exact) mass is 463 g/mol. The lowest BCUT2D eigenvalue weighted by Gasteiger charge is -2.40. The van der Waals surface area contributed by atoms with Crippen molar-refractivity contribution >= 4 is 12.0 Å². The summed E-state index contributed by atoms with van der Waals surface area (Å²) in [5.41, 5.74) is 3.38. The molecule has 34 heavy (non-hydrogen) atoms. The maximum Gasteiger partial charge on any atom is 0.338 e. The van der Waals surface area contributed by atoms with Crippen molar-refractivity contribution in [3.05, 3.63) is 77.3 Å². The van der Waals surface area contributed by atoms with Crippen LogP contribution in [0.1, 0.15) is 31.0 Å². The van der Waals surface area contributed by atoms with E-state index in [1.54, 1.807) is 11.8 Å². The van der Waals surface area contributed by atoms with Gasteiger partial charge in [0.05, 0.1) is 18.2 Å². The number of esters is 1. The molecule has 0 saturated carbocycles. The van der Waals surface area contributed by atoms with Crippen molar-refractivity contribution in [3.63, 3.8) is 0 Å². The highest BCUT2D eigenvalue weighted by atomic mass is 16.5. The van der Waals surface area contributed by atoms with Crippen molar-refractivity contribution in [1.29, 1.82) is 0 Å². The minimum absolute atomic E-state index is 0.185. The maximum atomic E-state index is 13.2. The molecule has 0 spiro atoms. The molecule has 0 unspecified atom stereocenters. The van der Waals surface area contributed by atoms with Crippen molar-refractivity contribution in [2.75, 3.05) is 45.9 Å². The molecular weight excluding hydrogens is 430 g/mol. The summed E-state index contributed by atoms with van der Waals surface area (Å²) in [7, 11) is 0. The quantitative estimate of drug-likeness (QED) is 0.607. The fourth-order valence-corrected chi connectivity index (χ4v) is 4.62. The van der Waals surface area contributed by atoms with Crippen LogP contribution in [0.2, 0.25) is 0 Å². The summed E-state index contributed by atoms with van der Waals surface area (Å²) in [4.78, 5) is 36.7. The molecule has 3 heterocycles. The van der Waals surface area contributed by atoms with Crippen LogP contribution in [0.3, 0.4) is 0 Å². The maximum absolute atomic E-state index is 13.2. The molecule has 1 fully saturated rings. The number of ether oxygens (including phenoxy) is 1. The molecule has 1 aromatic heterocycles. The molecular formula is C26H33N5O3. The number of piperazine rings is 1. The fourth-order valence-electron chi connectivity index (χ4n) is 4.62. The van der Waals surface area contributed by atoms with Gasteiger partial charge in [-0.2, -0.15) is 0 Å². The number of pyridine rings is 1. The van der Waals surface area contributed by atoms with Crippen molar-refractivity contribution in [1.82, 2.24) is 25.0 Å². The number of rotatable bonds is 8. The standard InChI is InChI=1S/C26H33N5O3/c1-3-31-22(19-30-16-14-29(15-17-30)18-20-10-12-27-13-11-20)23(25(32)34-4-2)24(28-26(31)33)21-8-6-5-7-9-21/h5-13,24H,3-4,14-19H2,1-2H3,(H,28,33)/t24-/m0/s1. The van der Waals surface area contributed by atoms with Crippen LogP contribution in [0.25, 0.3) is 0 Å². The molecule has 0 aliphatic carbocycles. The Bertz CT molecular complexity index is 1000. The topological polar surface area (TPSA) is 78.0 Å². The lowest BCUT2D eigenvalue weighted by Crippen LogP contribution is -2.53. The lowest BCUT2D eigenvalue weighted by molar-refractivity contribution is -0.139. The molecule has 0 radical (unpaired) electrons. The number of nitrogens with one attached hydrogen (secondary N) is 1. The van der Waals surface area contributed by atoms with Crippen LogP contribution >= 0.6 is 0 Å². The van der Waals surface area contributed by atoms with Gasteiger partial charge in [0.15, 0.2) is 0 Å². The number of likely N-dealkylation sites (N-methyl/N-ethyl adjacent to an activating group) is 1. The van der Waals surface area contributed by atoms with E-state index in [-0.39, 0.29) is 18.6 Å². The molecule has 2 amide bonds. The van der Waals surface area contributed by atoms with Gasteiger partial charge in [0.25, 0.3) is 0 Å². The Labute approximate surface area is 201 Å². The highest BCUT2D eigenvalue weighted by Gasteiger charge is 2.38. The molecule has 180 valence electrons. The number of carbonyl (C=O) groups is 2. The van der Waals surface area contributed by atoms with E-state index in [2.05, 4.69) is 20.1 Å². The van der Waals surface area contributed by atoms with E-state index < -0.39 is 6.04 Å². The van der Waals surface area contributed by atoms with Crippen LogP contribution < -0.4 is 5.32 Å². The third-order valence-corrected chi connectivity index (χ3v) is 6.38. The van der Waals surface area contributed by atoms with E-state index in [1.807, 2.05) is 61.8 Å². The molecule has 1 aromatic carbocycles. The second kappa shape index (κ2) is 11.3. The summed E-state index contributed by atoms with van der Waals surface area (Å²) in [5, 5.41) is 3.02. The molecule has 0 bridgehead atoms. The smallest absolute Gasteiger partial charge is 0.338 e. The Hall–Kier alpha value is -3.23. The molecule has 1 N–H and O–H groups in total. The molecule has 2 aromatic rings. The molecule has 2 aliphatic heterocycles. The normalized spacial score (nSPS) is 19.8. The molecule has 4 rings (SSSR count). The number of benzene rings is 1. The molecule has 1 atom stereocenters. The third kappa shape index (κ3) is 5.46. The Kier molecular flexibility index (Phi) is 7.92. The van der Waals surface area contributed by atoms with Crippen molar-refractivity contribution < 1.29 is 14.3 Å². The number of amides is 2. The van der Waals surface area contributed by atoms with E-state index in [0.717, 1.165) is 44.0 Å². The second-order valence-electron chi connectivity index (χ2n) is 8.53. The number of urea groups is 1. The van der Waals surface area contributed by atoms with Gasteiger partial charge in [0.1, 0.15) is 0 Å². The predicted octanol–water partition coefficient (Wildman–Crippen LogP) is 2.80. The highest BCUT2D eigenvalue weighted by molar-refractivity contribution is 5.95. The van der Waals surface area contributed by atoms with Crippen molar-refractivity contribution in [2.45, 2.75) is 26.4 Å². The first-order valence-electron chi connectivity index (χ1n) is 12.0.